The highest BCUT2D eigenvalue weighted by molar-refractivity contribution is 5.89. The zero-order chi connectivity index (χ0) is 14.8. The number of nitrogens with zero attached hydrogens (tertiary/aromatic N) is 2. The summed E-state index contributed by atoms with van der Waals surface area (Å²) < 4.78 is 0. The third kappa shape index (κ3) is 5.93. The molecule has 0 aromatic rings. The fraction of sp³-hybridized carbons (Fsp3) is 0.875. The molecule has 0 aromatic carbocycles. The number of unbranched alkanes of at least 4 members (excludes halogenated alkanes) is 6. The summed E-state index contributed by atoms with van der Waals surface area (Å²) in [7, 11) is 0. The summed E-state index contributed by atoms with van der Waals surface area (Å²) >= 11 is 0. The Bertz CT molecular complexity index is 316. The van der Waals surface area contributed by atoms with Gasteiger partial charge in [0, 0.05) is 31.8 Å². The van der Waals surface area contributed by atoms with Crippen molar-refractivity contribution < 1.29 is 10.0 Å². The molecule has 1 saturated heterocycles. The van der Waals surface area contributed by atoms with Crippen molar-refractivity contribution in [2.75, 3.05) is 13.1 Å². The van der Waals surface area contributed by atoms with E-state index in [0.29, 0.717) is 25.9 Å². The molecule has 1 fully saturated rings. The van der Waals surface area contributed by atoms with E-state index in [1.165, 1.54) is 38.5 Å². The minimum Gasteiger partial charge on any atom is -0.411 e. The molecule has 1 unspecified atom stereocenters. The van der Waals surface area contributed by atoms with Gasteiger partial charge in [-0.3, -0.25) is 4.79 Å². The van der Waals surface area contributed by atoms with Crippen molar-refractivity contribution in [2.24, 2.45) is 11.1 Å². The van der Waals surface area contributed by atoms with Crippen molar-refractivity contribution in [3.05, 3.63) is 0 Å². The monoisotopic (exact) mass is 282 g/mol. The molecule has 1 N–H and O–H groups in total. The SMILES string of the molecule is CCCCCCCCCC(=O)N1CCC(=NO)C(C)C1. The van der Waals surface area contributed by atoms with E-state index in [4.69, 9.17) is 5.21 Å². The Hall–Kier alpha value is -1.06. The highest BCUT2D eigenvalue weighted by Gasteiger charge is 2.25. The Morgan fingerprint density at radius 2 is 1.90 bits per heavy atom. The molecule has 116 valence electrons. The van der Waals surface area contributed by atoms with E-state index in [9.17, 15) is 4.79 Å². The lowest BCUT2D eigenvalue weighted by atomic mass is 9.97. The molecule has 1 aliphatic heterocycles. The van der Waals surface area contributed by atoms with Crippen LogP contribution in [0.15, 0.2) is 5.16 Å². The van der Waals surface area contributed by atoms with Crippen LogP contribution in [0.2, 0.25) is 0 Å². The Morgan fingerprint density at radius 3 is 2.50 bits per heavy atom. The second kappa shape index (κ2) is 9.78. The molecule has 1 amide bonds. The second-order valence-corrected chi connectivity index (χ2v) is 5.95. The van der Waals surface area contributed by atoms with Crippen LogP contribution in [-0.4, -0.2) is 34.8 Å². The third-order valence-electron chi connectivity index (χ3n) is 4.18. The molecule has 1 aliphatic rings. The molecular weight excluding hydrogens is 252 g/mol. The standard InChI is InChI=1S/C16H30N2O2/c1-3-4-5-6-7-8-9-10-16(19)18-12-11-15(17-20)14(2)13-18/h14,20H,3-13H2,1-2H3. The molecule has 4 heteroatoms. The molecule has 0 spiro atoms. The van der Waals surface area contributed by atoms with Crippen LogP contribution in [-0.2, 0) is 4.79 Å². The highest BCUT2D eigenvalue weighted by Crippen LogP contribution is 2.16. The van der Waals surface area contributed by atoms with E-state index >= 15 is 0 Å². The van der Waals surface area contributed by atoms with Gasteiger partial charge in [-0.2, -0.15) is 0 Å². The van der Waals surface area contributed by atoms with Crippen molar-refractivity contribution in [3.8, 4) is 0 Å². The van der Waals surface area contributed by atoms with Crippen LogP contribution in [0.4, 0.5) is 0 Å². The summed E-state index contributed by atoms with van der Waals surface area (Å²) in [6, 6.07) is 0. The topological polar surface area (TPSA) is 52.9 Å². The molecule has 4 nitrogen and oxygen atoms in total. The molecule has 0 bridgehead atoms. The summed E-state index contributed by atoms with van der Waals surface area (Å²) in [5.74, 6) is 0.453. The molecule has 1 atom stereocenters. The maximum absolute atomic E-state index is 12.1. The number of oxime groups is 1. The van der Waals surface area contributed by atoms with E-state index in [0.717, 1.165) is 12.1 Å². The zero-order valence-corrected chi connectivity index (χ0v) is 13.1. The first-order valence-electron chi connectivity index (χ1n) is 8.17. The lowest BCUT2D eigenvalue weighted by Gasteiger charge is -2.31. The fourth-order valence-corrected chi connectivity index (χ4v) is 2.79. The van der Waals surface area contributed by atoms with Gasteiger partial charge in [-0.25, -0.2) is 0 Å². The maximum Gasteiger partial charge on any atom is 0.222 e. The van der Waals surface area contributed by atoms with Gasteiger partial charge in [-0.05, 0) is 6.42 Å². The quantitative estimate of drug-likeness (QED) is 0.418. The van der Waals surface area contributed by atoms with Crippen LogP contribution < -0.4 is 0 Å². The number of hydrogen-bond acceptors (Lipinski definition) is 3. The van der Waals surface area contributed by atoms with Gasteiger partial charge in [-0.15, -0.1) is 0 Å². The van der Waals surface area contributed by atoms with E-state index in [1.807, 2.05) is 11.8 Å². The number of carbonyl (C=O) groups is 1. The second-order valence-electron chi connectivity index (χ2n) is 5.95. The van der Waals surface area contributed by atoms with Crippen molar-refractivity contribution >= 4 is 11.6 Å². The van der Waals surface area contributed by atoms with Gasteiger partial charge >= 0.3 is 0 Å². The summed E-state index contributed by atoms with van der Waals surface area (Å²) in [5.41, 5.74) is 0.824. The van der Waals surface area contributed by atoms with Crippen LogP contribution in [0.3, 0.4) is 0 Å². The molecule has 0 aromatic heterocycles. The predicted octanol–water partition coefficient (Wildman–Crippen LogP) is 3.83. The van der Waals surface area contributed by atoms with E-state index in [1.54, 1.807) is 0 Å². The number of amides is 1. The average Bonchev–Trinajstić information content (AvgIpc) is 2.46. The first-order chi connectivity index (χ1) is 9.69. The highest BCUT2D eigenvalue weighted by atomic mass is 16.4. The number of piperidine rings is 1. The van der Waals surface area contributed by atoms with Crippen molar-refractivity contribution in [2.45, 2.75) is 71.6 Å². The van der Waals surface area contributed by atoms with Gasteiger partial charge in [0.15, 0.2) is 0 Å². The van der Waals surface area contributed by atoms with E-state index in [2.05, 4.69) is 12.1 Å². The van der Waals surface area contributed by atoms with Gasteiger partial charge in [0.25, 0.3) is 0 Å². The fourth-order valence-electron chi connectivity index (χ4n) is 2.79. The lowest BCUT2D eigenvalue weighted by Crippen LogP contribution is -2.43. The first-order valence-corrected chi connectivity index (χ1v) is 8.17. The molecule has 0 saturated carbocycles. The minimum atomic E-state index is 0.187. The minimum absolute atomic E-state index is 0.187. The van der Waals surface area contributed by atoms with E-state index < -0.39 is 0 Å². The van der Waals surface area contributed by atoms with Crippen LogP contribution in [0, 0.1) is 5.92 Å². The summed E-state index contributed by atoms with van der Waals surface area (Å²) in [6.45, 7) is 5.65. The molecular formula is C16H30N2O2. The molecule has 0 radical (unpaired) electrons. The van der Waals surface area contributed by atoms with Crippen LogP contribution in [0.1, 0.15) is 71.6 Å². The normalized spacial score (nSPS) is 21.4. The smallest absolute Gasteiger partial charge is 0.222 e. The lowest BCUT2D eigenvalue weighted by molar-refractivity contribution is -0.131. The number of hydrogen-bond donors (Lipinski definition) is 1. The van der Waals surface area contributed by atoms with Gasteiger partial charge < -0.3 is 10.1 Å². The Morgan fingerprint density at radius 1 is 1.25 bits per heavy atom. The number of rotatable bonds is 8. The molecule has 0 aliphatic carbocycles. The van der Waals surface area contributed by atoms with Crippen LogP contribution in [0.25, 0.3) is 0 Å². The number of likely N-dealkylation sites (tertiary alicyclic amines) is 1. The van der Waals surface area contributed by atoms with Crippen molar-refractivity contribution in [1.29, 1.82) is 0 Å². The van der Waals surface area contributed by atoms with Gasteiger partial charge in [0.1, 0.15) is 0 Å². The Labute approximate surface area is 123 Å². The maximum atomic E-state index is 12.1. The predicted molar refractivity (Wildman–Crippen MR) is 82.2 cm³/mol. The Kier molecular flexibility index (Phi) is 8.31. The first kappa shape index (κ1) is 17.0. The third-order valence-corrected chi connectivity index (χ3v) is 4.18. The number of carbonyl (C=O) groups excluding carboxylic acids is 1. The van der Waals surface area contributed by atoms with Crippen LogP contribution >= 0.6 is 0 Å². The van der Waals surface area contributed by atoms with Crippen LogP contribution in [0.5, 0.6) is 0 Å². The summed E-state index contributed by atoms with van der Waals surface area (Å²) in [5, 5.41) is 12.1. The molecule has 1 rings (SSSR count). The van der Waals surface area contributed by atoms with Gasteiger partial charge in [0.05, 0.1) is 5.71 Å². The molecule has 20 heavy (non-hydrogen) atoms. The summed E-state index contributed by atoms with van der Waals surface area (Å²) in [6.07, 6.45) is 10.1. The van der Waals surface area contributed by atoms with Gasteiger partial charge in [-0.1, -0.05) is 57.5 Å². The zero-order valence-electron chi connectivity index (χ0n) is 13.1. The van der Waals surface area contributed by atoms with Crippen molar-refractivity contribution in [1.82, 2.24) is 4.90 Å². The molecule has 1 heterocycles. The van der Waals surface area contributed by atoms with Gasteiger partial charge in [0.2, 0.25) is 5.91 Å². The van der Waals surface area contributed by atoms with E-state index in [-0.39, 0.29) is 11.8 Å². The van der Waals surface area contributed by atoms with Crippen molar-refractivity contribution in [3.63, 3.8) is 0 Å². The summed E-state index contributed by atoms with van der Waals surface area (Å²) in [4.78, 5) is 14.0. The average molecular weight is 282 g/mol. The largest absolute Gasteiger partial charge is 0.411 e. The Balaban J connectivity index is 2.11.